The van der Waals surface area contributed by atoms with Gasteiger partial charge in [0.2, 0.25) is 0 Å². The Hall–Kier alpha value is -3.27. The third kappa shape index (κ3) is 2.82. The van der Waals surface area contributed by atoms with Gasteiger partial charge in [-0.2, -0.15) is 0 Å². The lowest BCUT2D eigenvalue weighted by molar-refractivity contribution is 0.764. The zero-order valence-electron chi connectivity index (χ0n) is 13.0. The Morgan fingerprint density at radius 3 is 1.83 bits per heavy atom. The maximum atomic E-state index is 4.13. The summed E-state index contributed by atoms with van der Waals surface area (Å²) in [4.78, 5) is 12.3. The van der Waals surface area contributed by atoms with Crippen LogP contribution < -0.4 is 5.32 Å². The van der Waals surface area contributed by atoms with Crippen molar-refractivity contribution in [2.45, 2.75) is 6.04 Å². The summed E-state index contributed by atoms with van der Waals surface area (Å²) in [5.41, 5.74) is 5.66. The average molecular weight is 312 g/mol. The van der Waals surface area contributed by atoms with E-state index in [1.807, 2.05) is 73.6 Å². The van der Waals surface area contributed by atoms with Gasteiger partial charge in [0.05, 0.1) is 11.7 Å². The molecule has 0 radical (unpaired) electrons. The molecule has 0 aliphatic carbocycles. The molecule has 1 atom stereocenters. The lowest BCUT2D eigenvalue weighted by atomic mass is 9.94. The predicted molar refractivity (Wildman–Crippen MR) is 94.5 cm³/mol. The number of hydrogen-bond donors (Lipinski definition) is 1. The van der Waals surface area contributed by atoms with Crippen LogP contribution in [0.2, 0.25) is 0 Å². The highest BCUT2D eigenvalue weighted by Crippen LogP contribution is 2.32. The van der Waals surface area contributed by atoms with Crippen LogP contribution in [0.15, 0.2) is 85.7 Å². The molecule has 0 aromatic carbocycles. The van der Waals surface area contributed by atoms with Gasteiger partial charge < -0.3 is 5.32 Å². The molecule has 0 bridgehead atoms. The number of nitrogens with one attached hydrogen (secondary N) is 1. The SMILES string of the molecule is C1=CC(c2ccncc2)NC(c2ccncc2)=C1c1ccncc1. The normalized spacial score (nSPS) is 16.8. The Labute approximate surface area is 140 Å². The number of aromatic nitrogens is 3. The molecule has 0 saturated heterocycles. The van der Waals surface area contributed by atoms with Crippen LogP contribution in [0.3, 0.4) is 0 Å². The molecule has 4 rings (SSSR count). The van der Waals surface area contributed by atoms with Gasteiger partial charge in [-0.3, -0.25) is 15.0 Å². The van der Waals surface area contributed by atoms with E-state index in [9.17, 15) is 0 Å². The van der Waals surface area contributed by atoms with Gasteiger partial charge in [0.15, 0.2) is 0 Å². The standard InChI is InChI=1S/C20H16N4/c1-2-19(16-5-11-22-12-6-16)24-20(17-7-13-23-14-8-17)18(1)15-3-9-21-10-4-15/h1-14,19,24H. The zero-order chi connectivity index (χ0) is 16.2. The molecule has 116 valence electrons. The molecule has 24 heavy (non-hydrogen) atoms. The van der Waals surface area contributed by atoms with Crippen LogP contribution in [0.1, 0.15) is 22.7 Å². The fourth-order valence-electron chi connectivity index (χ4n) is 2.85. The molecule has 4 nitrogen and oxygen atoms in total. The average Bonchev–Trinajstić information content (AvgIpc) is 2.69. The third-order valence-electron chi connectivity index (χ3n) is 4.05. The lowest BCUT2D eigenvalue weighted by Crippen LogP contribution is -2.22. The van der Waals surface area contributed by atoms with Gasteiger partial charge in [-0.05, 0) is 47.5 Å². The predicted octanol–water partition coefficient (Wildman–Crippen LogP) is 3.64. The first kappa shape index (κ1) is 14.3. The molecule has 3 aromatic rings. The van der Waals surface area contributed by atoms with Gasteiger partial charge in [0.1, 0.15) is 0 Å². The largest absolute Gasteiger partial charge is 0.374 e. The molecule has 0 saturated carbocycles. The van der Waals surface area contributed by atoms with Crippen LogP contribution in [0.5, 0.6) is 0 Å². The molecule has 1 unspecified atom stereocenters. The Kier molecular flexibility index (Phi) is 3.86. The van der Waals surface area contributed by atoms with Crippen LogP contribution in [-0.2, 0) is 0 Å². The smallest absolute Gasteiger partial charge is 0.0702 e. The van der Waals surface area contributed by atoms with Crippen molar-refractivity contribution < 1.29 is 0 Å². The van der Waals surface area contributed by atoms with E-state index < -0.39 is 0 Å². The highest BCUT2D eigenvalue weighted by molar-refractivity contribution is 5.95. The first-order chi connectivity index (χ1) is 11.9. The van der Waals surface area contributed by atoms with E-state index in [4.69, 9.17) is 0 Å². The Morgan fingerprint density at radius 1 is 0.667 bits per heavy atom. The minimum Gasteiger partial charge on any atom is -0.374 e. The topological polar surface area (TPSA) is 50.7 Å². The van der Waals surface area contributed by atoms with E-state index in [0.29, 0.717) is 0 Å². The first-order valence-electron chi connectivity index (χ1n) is 7.81. The Balaban J connectivity index is 1.79. The molecule has 3 aromatic heterocycles. The van der Waals surface area contributed by atoms with Gasteiger partial charge in [-0.25, -0.2) is 0 Å². The van der Waals surface area contributed by atoms with E-state index in [-0.39, 0.29) is 6.04 Å². The molecule has 4 heteroatoms. The van der Waals surface area contributed by atoms with Crippen molar-refractivity contribution in [3.05, 3.63) is 102 Å². The van der Waals surface area contributed by atoms with Crippen LogP contribution in [0.4, 0.5) is 0 Å². The summed E-state index contributed by atoms with van der Waals surface area (Å²) >= 11 is 0. The highest BCUT2D eigenvalue weighted by atomic mass is 14.9. The quantitative estimate of drug-likeness (QED) is 0.802. The van der Waals surface area contributed by atoms with E-state index in [1.165, 1.54) is 5.56 Å². The molecular weight excluding hydrogens is 296 g/mol. The number of hydrogen-bond acceptors (Lipinski definition) is 4. The van der Waals surface area contributed by atoms with Crippen molar-refractivity contribution in [2.75, 3.05) is 0 Å². The summed E-state index contributed by atoms with van der Waals surface area (Å²) in [5, 5.41) is 3.65. The van der Waals surface area contributed by atoms with Gasteiger partial charge in [0.25, 0.3) is 0 Å². The van der Waals surface area contributed by atoms with Crippen LogP contribution >= 0.6 is 0 Å². The number of rotatable bonds is 3. The van der Waals surface area contributed by atoms with E-state index in [0.717, 1.165) is 22.4 Å². The minimum atomic E-state index is 0.113. The van der Waals surface area contributed by atoms with Crippen LogP contribution in [0, 0.1) is 0 Å². The summed E-state index contributed by atoms with van der Waals surface area (Å²) in [6, 6.07) is 12.3. The van der Waals surface area contributed by atoms with Crippen LogP contribution in [-0.4, -0.2) is 15.0 Å². The molecule has 4 heterocycles. The van der Waals surface area contributed by atoms with Gasteiger partial charge in [-0.15, -0.1) is 0 Å². The summed E-state index contributed by atoms with van der Waals surface area (Å²) in [6.07, 6.45) is 15.2. The van der Waals surface area contributed by atoms with Gasteiger partial charge >= 0.3 is 0 Å². The monoisotopic (exact) mass is 312 g/mol. The van der Waals surface area contributed by atoms with Gasteiger partial charge in [0, 0.05) is 48.3 Å². The highest BCUT2D eigenvalue weighted by Gasteiger charge is 2.19. The van der Waals surface area contributed by atoms with Crippen molar-refractivity contribution >= 4 is 11.3 Å². The van der Waals surface area contributed by atoms with Crippen molar-refractivity contribution in [1.29, 1.82) is 0 Å². The van der Waals surface area contributed by atoms with E-state index in [1.54, 1.807) is 0 Å². The molecule has 0 amide bonds. The van der Waals surface area contributed by atoms with Crippen molar-refractivity contribution in [3.63, 3.8) is 0 Å². The third-order valence-corrected chi connectivity index (χ3v) is 4.05. The number of dihydropyridines is 1. The maximum absolute atomic E-state index is 4.13. The molecule has 0 spiro atoms. The molecule has 1 aliphatic heterocycles. The fourth-order valence-corrected chi connectivity index (χ4v) is 2.85. The summed E-state index contributed by atoms with van der Waals surface area (Å²) in [6.45, 7) is 0. The maximum Gasteiger partial charge on any atom is 0.0702 e. The van der Waals surface area contributed by atoms with Crippen LogP contribution in [0.25, 0.3) is 11.3 Å². The van der Waals surface area contributed by atoms with Crippen molar-refractivity contribution in [2.24, 2.45) is 0 Å². The lowest BCUT2D eigenvalue weighted by Gasteiger charge is -2.26. The summed E-state index contributed by atoms with van der Waals surface area (Å²) < 4.78 is 0. The summed E-state index contributed by atoms with van der Waals surface area (Å²) in [7, 11) is 0. The molecular formula is C20H16N4. The second-order valence-corrected chi connectivity index (χ2v) is 5.52. The minimum absolute atomic E-state index is 0.113. The number of allylic oxidation sites excluding steroid dienone is 2. The fraction of sp³-hybridized carbons (Fsp3) is 0.0500. The number of nitrogens with zero attached hydrogens (tertiary/aromatic N) is 3. The van der Waals surface area contributed by atoms with Gasteiger partial charge in [-0.1, -0.05) is 12.2 Å². The zero-order valence-corrected chi connectivity index (χ0v) is 13.0. The molecule has 0 fully saturated rings. The van der Waals surface area contributed by atoms with Crippen molar-refractivity contribution in [3.8, 4) is 0 Å². The van der Waals surface area contributed by atoms with Crippen molar-refractivity contribution in [1.82, 2.24) is 20.3 Å². The molecule has 1 aliphatic rings. The second kappa shape index (κ2) is 6.46. The Bertz CT molecular complexity index is 871. The van der Waals surface area contributed by atoms with E-state index >= 15 is 0 Å². The second-order valence-electron chi connectivity index (χ2n) is 5.52. The summed E-state index contributed by atoms with van der Waals surface area (Å²) in [5.74, 6) is 0. The number of pyridine rings is 3. The Morgan fingerprint density at radius 2 is 1.21 bits per heavy atom. The molecule has 1 N–H and O–H groups in total. The van der Waals surface area contributed by atoms with E-state index in [2.05, 4.69) is 32.4 Å². The first-order valence-corrected chi connectivity index (χ1v) is 7.81.